The van der Waals surface area contributed by atoms with E-state index in [4.69, 9.17) is 5.26 Å². The molecule has 2 nitrogen and oxygen atoms in total. The molecular weight excluding hydrogens is 208 g/mol. The summed E-state index contributed by atoms with van der Waals surface area (Å²) in [6.45, 7) is 2.16. The average Bonchev–Trinajstić information content (AvgIpc) is 2.40. The monoisotopic (exact) mass is 222 g/mol. The third-order valence-electron chi connectivity index (χ3n) is 2.65. The summed E-state index contributed by atoms with van der Waals surface area (Å²) >= 11 is 0. The van der Waals surface area contributed by atoms with E-state index in [-0.39, 0.29) is 0 Å². The summed E-state index contributed by atoms with van der Waals surface area (Å²) < 4.78 is 0. The van der Waals surface area contributed by atoms with E-state index in [2.05, 4.69) is 24.0 Å². The van der Waals surface area contributed by atoms with Gasteiger partial charge in [0.1, 0.15) is 0 Å². The second-order valence-corrected chi connectivity index (χ2v) is 3.99. The van der Waals surface area contributed by atoms with Gasteiger partial charge in [-0.25, -0.2) is 0 Å². The molecule has 0 bridgehead atoms. The van der Waals surface area contributed by atoms with Crippen molar-refractivity contribution < 1.29 is 0 Å². The molecule has 2 rings (SSSR count). The smallest absolute Gasteiger partial charge is 0.0991 e. The number of hydrogen-bond acceptors (Lipinski definition) is 2. The molecule has 1 aromatic heterocycles. The molecule has 0 spiro atoms. The van der Waals surface area contributed by atoms with Gasteiger partial charge in [0.25, 0.3) is 0 Å². The molecule has 0 saturated heterocycles. The fourth-order valence-corrected chi connectivity index (χ4v) is 1.82. The van der Waals surface area contributed by atoms with Gasteiger partial charge >= 0.3 is 0 Å². The van der Waals surface area contributed by atoms with E-state index in [1.807, 2.05) is 30.5 Å². The molecule has 1 aromatic carbocycles. The van der Waals surface area contributed by atoms with Crippen molar-refractivity contribution in [2.45, 2.75) is 19.8 Å². The molecule has 0 aliphatic heterocycles. The molecule has 0 fully saturated rings. The second-order valence-electron chi connectivity index (χ2n) is 3.99. The number of pyridine rings is 1. The highest BCUT2D eigenvalue weighted by Crippen LogP contribution is 2.19. The second kappa shape index (κ2) is 5.27. The Hall–Kier alpha value is -2.14. The van der Waals surface area contributed by atoms with Crippen LogP contribution in [0, 0.1) is 11.3 Å². The number of aryl methyl sites for hydroxylation is 1. The van der Waals surface area contributed by atoms with Gasteiger partial charge in [-0.2, -0.15) is 5.26 Å². The van der Waals surface area contributed by atoms with Crippen LogP contribution < -0.4 is 0 Å². The molecule has 0 unspecified atom stereocenters. The van der Waals surface area contributed by atoms with Crippen LogP contribution in [0.3, 0.4) is 0 Å². The Balaban J connectivity index is 2.39. The summed E-state index contributed by atoms with van der Waals surface area (Å²) in [5.74, 6) is 0. The number of nitriles is 1. The molecule has 84 valence electrons. The van der Waals surface area contributed by atoms with Gasteiger partial charge in [-0.1, -0.05) is 25.5 Å². The lowest BCUT2D eigenvalue weighted by Gasteiger charge is -2.04. The summed E-state index contributed by atoms with van der Waals surface area (Å²) in [4.78, 5) is 4.36. The summed E-state index contributed by atoms with van der Waals surface area (Å²) in [6, 6.07) is 13.8. The molecule has 0 amide bonds. The van der Waals surface area contributed by atoms with E-state index in [9.17, 15) is 0 Å². The fourth-order valence-electron chi connectivity index (χ4n) is 1.82. The van der Waals surface area contributed by atoms with Gasteiger partial charge in [0.05, 0.1) is 17.3 Å². The number of hydrogen-bond donors (Lipinski definition) is 0. The number of aromatic nitrogens is 1. The van der Waals surface area contributed by atoms with E-state index in [0.29, 0.717) is 5.56 Å². The van der Waals surface area contributed by atoms with Crippen molar-refractivity contribution in [1.29, 1.82) is 5.26 Å². The lowest BCUT2D eigenvalue weighted by Crippen LogP contribution is -1.88. The first kappa shape index (κ1) is 11.3. The topological polar surface area (TPSA) is 36.7 Å². The van der Waals surface area contributed by atoms with Gasteiger partial charge in [-0.3, -0.25) is 4.98 Å². The van der Waals surface area contributed by atoms with Crippen molar-refractivity contribution >= 4 is 0 Å². The Morgan fingerprint density at radius 3 is 2.88 bits per heavy atom. The number of benzene rings is 1. The summed E-state index contributed by atoms with van der Waals surface area (Å²) in [5.41, 5.74) is 3.90. The molecule has 0 radical (unpaired) electrons. The van der Waals surface area contributed by atoms with Crippen LogP contribution in [0.4, 0.5) is 0 Å². The first-order chi connectivity index (χ1) is 8.33. The largest absolute Gasteiger partial charge is 0.256 e. The van der Waals surface area contributed by atoms with Gasteiger partial charge in [-0.15, -0.1) is 0 Å². The maximum Gasteiger partial charge on any atom is 0.0991 e. The van der Waals surface area contributed by atoms with Crippen molar-refractivity contribution in [3.8, 4) is 17.3 Å². The molecule has 2 heteroatoms. The standard InChI is InChI=1S/C15H14N2/c1-2-4-12-7-8-17-15(10-12)14-6-3-5-13(9-14)11-16/h3,5-10H,2,4H2,1H3. The van der Waals surface area contributed by atoms with Crippen molar-refractivity contribution in [3.05, 3.63) is 53.7 Å². The number of nitrogens with zero attached hydrogens (tertiary/aromatic N) is 2. The van der Waals surface area contributed by atoms with Gasteiger partial charge in [0, 0.05) is 11.8 Å². The van der Waals surface area contributed by atoms with Crippen LogP contribution in [0.1, 0.15) is 24.5 Å². The normalized spacial score (nSPS) is 9.88. The van der Waals surface area contributed by atoms with Crippen molar-refractivity contribution in [2.75, 3.05) is 0 Å². The number of rotatable bonds is 3. The van der Waals surface area contributed by atoms with Crippen molar-refractivity contribution in [2.24, 2.45) is 0 Å². The first-order valence-electron chi connectivity index (χ1n) is 5.79. The highest BCUT2D eigenvalue weighted by molar-refractivity contribution is 5.61. The Morgan fingerprint density at radius 2 is 2.12 bits per heavy atom. The van der Waals surface area contributed by atoms with E-state index >= 15 is 0 Å². The molecule has 1 heterocycles. The SMILES string of the molecule is CCCc1ccnc(-c2cccc(C#N)c2)c1. The Morgan fingerprint density at radius 1 is 1.24 bits per heavy atom. The van der Waals surface area contributed by atoms with Gasteiger partial charge < -0.3 is 0 Å². The van der Waals surface area contributed by atoms with Crippen LogP contribution in [0.2, 0.25) is 0 Å². The molecule has 0 atom stereocenters. The maximum atomic E-state index is 8.88. The minimum absolute atomic E-state index is 0.671. The highest BCUT2D eigenvalue weighted by Gasteiger charge is 2.01. The van der Waals surface area contributed by atoms with Crippen LogP contribution in [0.25, 0.3) is 11.3 Å². The third kappa shape index (κ3) is 2.70. The van der Waals surface area contributed by atoms with Gasteiger partial charge in [0.2, 0.25) is 0 Å². The fraction of sp³-hybridized carbons (Fsp3) is 0.200. The maximum absolute atomic E-state index is 8.88. The zero-order valence-electron chi connectivity index (χ0n) is 9.85. The summed E-state index contributed by atoms with van der Waals surface area (Å²) in [7, 11) is 0. The minimum atomic E-state index is 0.671. The van der Waals surface area contributed by atoms with Gasteiger partial charge in [0.15, 0.2) is 0 Å². The van der Waals surface area contributed by atoms with Crippen LogP contribution in [0.5, 0.6) is 0 Å². The van der Waals surface area contributed by atoms with E-state index < -0.39 is 0 Å². The Kier molecular flexibility index (Phi) is 3.52. The summed E-state index contributed by atoms with van der Waals surface area (Å²) in [6.07, 6.45) is 4.02. The van der Waals surface area contributed by atoms with Crippen molar-refractivity contribution in [1.82, 2.24) is 4.98 Å². The lowest BCUT2D eigenvalue weighted by molar-refractivity contribution is 0.919. The highest BCUT2D eigenvalue weighted by atomic mass is 14.7. The van der Waals surface area contributed by atoms with Crippen LogP contribution in [-0.2, 0) is 6.42 Å². The lowest BCUT2D eigenvalue weighted by atomic mass is 10.0. The van der Waals surface area contributed by atoms with E-state index in [1.165, 1.54) is 5.56 Å². The predicted octanol–water partition coefficient (Wildman–Crippen LogP) is 3.57. The zero-order chi connectivity index (χ0) is 12.1. The quantitative estimate of drug-likeness (QED) is 0.796. The molecule has 0 aliphatic rings. The molecule has 0 aliphatic carbocycles. The summed E-state index contributed by atoms with van der Waals surface area (Å²) in [5, 5.41) is 8.88. The molecular formula is C15H14N2. The van der Waals surface area contributed by atoms with Crippen LogP contribution in [-0.4, -0.2) is 4.98 Å². The van der Waals surface area contributed by atoms with Crippen LogP contribution >= 0.6 is 0 Å². The van der Waals surface area contributed by atoms with Gasteiger partial charge in [-0.05, 0) is 36.2 Å². The third-order valence-corrected chi connectivity index (χ3v) is 2.65. The van der Waals surface area contributed by atoms with E-state index in [1.54, 1.807) is 6.07 Å². The Labute approximate surface area is 102 Å². The molecule has 2 aromatic rings. The molecule has 0 saturated carbocycles. The van der Waals surface area contributed by atoms with E-state index in [0.717, 1.165) is 24.1 Å². The minimum Gasteiger partial charge on any atom is -0.256 e. The average molecular weight is 222 g/mol. The zero-order valence-corrected chi connectivity index (χ0v) is 9.85. The first-order valence-corrected chi connectivity index (χ1v) is 5.79. The predicted molar refractivity (Wildman–Crippen MR) is 68.4 cm³/mol. The molecule has 0 N–H and O–H groups in total. The Bertz CT molecular complexity index is 553. The van der Waals surface area contributed by atoms with Crippen molar-refractivity contribution in [3.63, 3.8) is 0 Å². The molecule has 17 heavy (non-hydrogen) atoms. The van der Waals surface area contributed by atoms with Crippen LogP contribution in [0.15, 0.2) is 42.6 Å².